The summed E-state index contributed by atoms with van der Waals surface area (Å²) in [5.41, 5.74) is 1.51. The molecule has 2 aromatic carbocycles. The lowest BCUT2D eigenvalue weighted by Gasteiger charge is -2.23. The summed E-state index contributed by atoms with van der Waals surface area (Å²) in [4.78, 5) is 28.4. The molecule has 0 unspecified atom stereocenters. The van der Waals surface area contributed by atoms with Crippen LogP contribution < -0.4 is 0 Å². The first kappa shape index (κ1) is 24.5. The second kappa shape index (κ2) is 13.5. The van der Waals surface area contributed by atoms with Crippen molar-refractivity contribution >= 4 is 30.3 Å². The maximum Gasteiger partial charge on any atom is 0.331 e. The van der Waals surface area contributed by atoms with Crippen LogP contribution in [0.3, 0.4) is 0 Å². The van der Waals surface area contributed by atoms with Crippen molar-refractivity contribution in [3.63, 3.8) is 0 Å². The van der Waals surface area contributed by atoms with Crippen LogP contribution in [0, 0.1) is 0 Å². The number of halogens is 1. The Morgan fingerprint density at radius 1 is 0.969 bits per heavy atom. The molecule has 7 nitrogen and oxygen atoms in total. The zero-order chi connectivity index (χ0) is 23.2. The number of esters is 2. The van der Waals surface area contributed by atoms with Crippen LogP contribution in [0.25, 0.3) is 12.2 Å². The maximum absolute atomic E-state index is 14.5. The molecule has 0 spiro atoms. The lowest BCUT2D eigenvalue weighted by atomic mass is 10.1. The van der Waals surface area contributed by atoms with Gasteiger partial charge in [-0.1, -0.05) is 65.8 Å². The molecule has 0 amide bonds. The van der Waals surface area contributed by atoms with E-state index in [1.807, 2.05) is 24.3 Å². The summed E-state index contributed by atoms with van der Waals surface area (Å²) in [6.45, 7) is -0.598. The third-order valence-corrected chi connectivity index (χ3v) is 4.07. The molecule has 2 rings (SSSR count). The minimum Gasteiger partial charge on any atom is -0.460 e. The second-order valence-corrected chi connectivity index (χ2v) is 6.47. The molecular formula is C24H24FNO6. The van der Waals surface area contributed by atoms with E-state index >= 15 is 0 Å². The third kappa shape index (κ3) is 8.93. The Labute approximate surface area is 185 Å². The van der Waals surface area contributed by atoms with Crippen molar-refractivity contribution in [2.24, 2.45) is 5.16 Å². The topological polar surface area (TPSA) is 94.4 Å². The summed E-state index contributed by atoms with van der Waals surface area (Å²) in [6, 6.07) is 18.0. The van der Waals surface area contributed by atoms with Gasteiger partial charge < -0.3 is 19.4 Å². The predicted molar refractivity (Wildman–Crippen MR) is 118 cm³/mol. The number of ether oxygens (including phenoxy) is 2. The Hall–Kier alpha value is -3.78. The van der Waals surface area contributed by atoms with E-state index in [-0.39, 0.29) is 0 Å². The predicted octanol–water partition coefficient (Wildman–Crippen LogP) is 3.20. The van der Waals surface area contributed by atoms with Crippen molar-refractivity contribution < 1.29 is 33.4 Å². The van der Waals surface area contributed by atoms with Gasteiger partial charge in [0, 0.05) is 12.2 Å². The number of aliphatic hydroxyl groups excluding tert-OH is 1. The number of alkyl halides is 1. The van der Waals surface area contributed by atoms with Crippen molar-refractivity contribution in [2.75, 3.05) is 13.7 Å². The van der Waals surface area contributed by atoms with Gasteiger partial charge in [0.2, 0.25) is 0 Å². The molecule has 32 heavy (non-hydrogen) atoms. The van der Waals surface area contributed by atoms with Gasteiger partial charge in [0.25, 0.3) is 0 Å². The zero-order valence-electron chi connectivity index (χ0n) is 17.4. The van der Waals surface area contributed by atoms with Crippen LogP contribution in [-0.2, 0) is 23.9 Å². The zero-order valence-corrected chi connectivity index (χ0v) is 17.4. The number of rotatable bonds is 11. The van der Waals surface area contributed by atoms with Crippen molar-refractivity contribution in [3.8, 4) is 0 Å². The fourth-order valence-electron chi connectivity index (χ4n) is 2.50. The van der Waals surface area contributed by atoms with Gasteiger partial charge in [-0.2, -0.15) is 0 Å². The van der Waals surface area contributed by atoms with Crippen LogP contribution >= 0.6 is 0 Å². The number of oxime groups is 1. The smallest absolute Gasteiger partial charge is 0.331 e. The quantitative estimate of drug-likeness (QED) is 0.249. The highest BCUT2D eigenvalue weighted by atomic mass is 19.1. The fourth-order valence-corrected chi connectivity index (χ4v) is 2.50. The van der Waals surface area contributed by atoms with E-state index in [4.69, 9.17) is 9.47 Å². The van der Waals surface area contributed by atoms with Crippen molar-refractivity contribution in [3.05, 3.63) is 83.9 Å². The van der Waals surface area contributed by atoms with Crippen molar-refractivity contribution in [1.82, 2.24) is 0 Å². The summed E-state index contributed by atoms with van der Waals surface area (Å²) < 4.78 is 24.5. The van der Waals surface area contributed by atoms with Crippen molar-refractivity contribution in [2.45, 2.75) is 18.4 Å². The molecule has 0 bridgehead atoms. The average molecular weight is 441 g/mol. The lowest BCUT2D eigenvalue weighted by Crippen LogP contribution is -2.42. The van der Waals surface area contributed by atoms with E-state index in [2.05, 4.69) is 9.99 Å². The van der Waals surface area contributed by atoms with E-state index < -0.39 is 36.9 Å². The molecule has 1 N–H and O–H groups in total. The third-order valence-electron chi connectivity index (χ3n) is 4.07. The first-order chi connectivity index (χ1) is 15.5. The number of nitrogens with zero attached hydrogens (tertiary/aromatic N) is 1. The highest BCUT2D eigenvalue weighted by molar-refractivity contribution is 5.88. The minimum atomic E-state index is -2.00. The van der Waals surface area contributed by atoms with Gasteiger partial charge in [0.1, 0.15) is 19.8 Å². The van der Waals surface area contributed by atoms with E-state index in [9.17, 15) is 19.1 Å². The minimum absolute atomic E-state index is 0.598. The number of carbonyl (C=O) groups is 2. The van der Waals surface area contributed by atoms with Gasteiger partial charge in [-0.25, -0.2) is 14.0 Å². The molecule has 0 heterocycles. The van der Waals surface area contributed by atoms with Crippen LogP contribution in [0.5, 0.6) is 0 Å². The normalized spacial score (nSPS) is 14.3. The van der Waals surface area contributed by atoms with Gasteiger partial charge in [0.05, 0.1) is 6.21 Å². The molecule has 168 valence electrons. The second-order valence-electron chi connectivity index (χ2n) is 6.47. The number of benzene rings is 2. The first-order valence-corrected chi connectivity index (χ1v) is 9.72. The summed E-state index contributed by atoms with van der Waals surface area (Å²) in [5.74, 6) is -1.63. The van der Waals surface area contributed by atoms with Gasteiger partial charge >= 0.3 is 11.9 Å². The lowest BCUT2D eigenvalue weighted by molar-refractivity contribution is -0.158. The van der Waals surface area contributed by atoms with E-state index in [0.717, 1.165) is 23.4 Å². The SMILES string of the molecule is CON=C[C@@H](F)[C@H](OC(=O)C=Cc1ccccc1)[C@H](O)COC(=O)C=Cc1ccccc1. The number of hydrogen-bond donors (Lipinski definition) is 1. The molecule has 0 saturated heterocycles. The Morgan fingerprint density at radius 2 is 1.50 bits per heavy atom. The highest BCUT2D eigenvalue weighted by Crippen LogP contribution is 2.11. The highest BCUT2D eigenvalue weighted by Gasteiger charge is 2.32. The Kier molecular flexibility index (Phi) is 10.3. The van der Waals surface area contributed by atoms with Crippen LogP contribution in [0.4, 0.5) is 4.39 Å². The van der Waals surface area contributed by atoms with Crippen LogP contribution in [0.1, 0.15) is 11.1 Å². The molecular weight excluding hydrogens is 417 g/mol. The molecule has 0 aromatic heterocycles. The monoisotopic (exact) mass is 441 g/mol. The number of aliphatic hydroxyl groups is 1. The fraction of sp³-hybridized carbons (Fsp3) is 0.208. The summed E-state index contributed by atoms with van der Waals surface area (Å²) in [7, 11) is 1.21. The van der Waals surface area contributed by atoms with Gasteiger partial charge in [-0.15, -0.1) is 0 Å². The Balaban J connectivity index is 1.97. The number of carbonyl (C=O) groups excluding carboxylic acids is 2. The molecule has 2 aromatic rings. The molecule has 0 aliphatic rings. The Morgan fingerprint density at radius 3 is 2.03 bits per heavy atom. The van der Waals surface area contributed by atoms with Crippen LogP contribution in [0.2, 0.25) is 0 Å². The average Bonchev–Trinajstić information content (AvgIpc) is 2.83. The van der Waals surface area contributed by atoms with E-state index in [0.29, 0.717) is 0 Å². The molecule has 0 saturated carbocycles. The maximum atomic E-state index is 14.5. The summed E-state index contributed by atoms with van der Waals surface area (Å²) in [6.07, 6.45) is 0.705. The van der Waals surface area contributed by atoms with Crippen LogP contribution in [-0.4, -0.2) is 55.4 Å². The van der Waals surface area contributed by atoms with Crippen molar-refractivity contribution in [1.29, 1.82) is 0 Å². The number of hydrogen-bond acceptors (Lipinski definition) is 7. The molecule has 0 aliphatic carbocycles. The summed E-state index contributed by atoms with van der Waals surface area (Å²) in [5, 5.41) is 13.6. The van der Waals surface area contributed by atoms with Gasteiger partial charge in [0.15, 0.2) is 12.3 Å². The van der Waals surface area contributed by atoms with E-state index in [1.54, 1.807) is 36.4 Å². The molecule has 3 atom stereocenters. The first-order valence-electron chi connectivity index (χ1n) is 9.72. The molecule has 8 heteroatoms. The molecule has 0 fully saturated rings. The Bertz CT molecular complexity index is 930. The molecule has 0 radical (unpaired) electrons. The van der Waals surface area contributed by atoms with Crippen LogP contribution in [0.15, 0.2) is 78.0 Å². The standard InChI is InChI=1S/C24H24FNO6/c1-30-26-16-20(25)24(32-23(29)15-13-19-10-6-3-7-11-19)21(27)17-31-22(28)14-12-18-8-4-2-5-9-18/h2-16,20-21,24,27H,17H2,1H3/t20-,21-,24+/m1/s1. The summed E-state index contributed by atoms with van der Waals surface area (Å²) >= 11 is 0. The largest absolute Gasteiger partial charge is 0.460 e. The van der Waals surface area contributed by atoms with Gasteiger partial charge in [-0.05, 0) is 23.3 Å². The van der Waals surface area contributed by atoms with Gasteiger partial charge in [-0.3, -0.25) is 0 Å². The van der Waals surface area contributed by atoms with E-state index in [1.165, 1.54) is 25.3 Å². The molecule has 0 aliphatic heterocycles.